The molecule has 0 saturated heterocycles. The summed E-state index contributed by atoms with van der Waals surface area (Å²) in [5, 5.41) is 9.63. The van der Waals surface area contributed by atoms with Crippen molar-refractivity contribution < 1.29 is 32.2 Å². The fourth-order valence-electron chi connectivity index (χ4n) is 1.54. The van der Waals surface area contributed by atoms with E-state index in [4.69, 9.17) is 4.74 Å². The van der Waals surface area contributed by atoms with E-state index in [9.17, 15) is 27.5 Å². The number of nitrogens with one attached hydrogen (secondary N) is 1. The van der Waals surface area contributed by atoms with Crippen LogP contribution in [0.1, 0.15) is 6.92 Å². The lowest BCUT2D eigenvalue weighted by molar-refractivity contribution is -0.154. The average molecular weight is 362 g/mol. The molecular weight excluding hydrogens is 343 g/mol. The number of likely N-dealkylation sites (N-methyl/N-ethyl adjacent to an activating group) is 1. The van der Waals surface area contributed by atoms with Gasteiger partial charge in [-0.1, -0.05) is 0 Å². The topological polar surface area (TPSA) is 113 Å². The number of hydrogen-bond acceptors (Lipinski definition) is 6. The first-order valence-corrected chi connectivity index (χ1v) is 8.35. The monoisotopic (exact) mass is 362 g/mol. The number of esters is 1. The molecule has 0 unspecified atom stereocenters. The first-order valence-electron chi connectivity index (χ1n) is 6.87. The molecule has 0 aromatic heterocycles. The molecule has 10 heteroatoms. The van der Waals surface area contributed by atoms with Gasteiger partial charge in [0.15, 0.2) is 6.61 Å². The van der Waals surface area contributed by atoms with Crippen molar-refractivity contribution in [2.75, 3.05) is 20.7 Å². The third-order valence-electron chi connectivity index (χ3n) is 2.98. The number of sulfonamides is 1. The van der Waals surface area contributed by atoms with Crippen molar-refractivity contribution in [1.82, 2.24) is 9.62 Å². The average Bonchev–Trinajstić information content (AvgIpc) is 2.50. The number of aliphatic hydroxyl groups is 1. The molecule has 0 spiro atoms. The summed E-state index contributed by atoms with van der Waals surface area (Å²) in [5.74, 6) is -2.23. The molecule has 0 bridgehead atoms. The molecule has 0 fully saturated rings. The highest BCUT2D eigenvalue weighted by molar-refractivity contribution is 7.89. The van der Waals surface area contributed by atoms with Crippen LogP contribution < -0.4 is 4.72 Å². The summed E-state index contributed by atoms with van der Waals surface area (Å²) in [6.45, 7) is 0.597. The fourth-order valence-corrected chi connectivity index (χ4v) is 2.80. The van der Waals surface area contributed by atoms with E-state index < -0.39 is 46.5 Å². The molecule has 24 heavy (non-hydrogen) atoms. The Morgan fingerprint density at radius 1 is 1.29 bits per heavy atom. The van der Waals surface area contributed by atoms with Crippen LogP contribution in [0.25, 0.3) is 0 Å². The first kappa shape index (κ1) is 20.0. The maximum Gasteiger partial charge on any atom is 0.327 e. The van der Waals surface area contributed by atoms with Crippen LogP contribution in [0.15, 0.2) is 29.2 Å². The quantitative estimate of drug-likeness (QED) is 0.632. The molecule has 0 aliphatic rings. The zero-order chi connectivity index (χ0) is 18.5. The molecule has 1 rings (SSSR count). The third kappa shape index (κ3) is 5.55. The van der Waals surface area contributed by atoms with Gasteiger partial charge >= 0.3 is 5.97 Å². The molecule has 0 aliphatic carbocycles. The molecule has 0 heterocycles. The number of amides is 1. The van der Waals surface area contributed by atoms with Gasteiger partial charge in [0.05, 0.1) is 11.0 Å². The number of hydrogen-bond donors (Lipinski definition) is 2. The van der Waals surface area contributed by atoms with Crippen LogP contribution in [0, 0.1) is 5.82 Å². The minimum atomic E-state index is -4.19. The SMILES string of the molecule is C[C@@H](O)[C@@H](NS(=O)(=O)c1ccc(F)cc1)C(=O)OCC(=O)N(C)C. The highest BCUT2D eigenvalue weighted by Crippen LogP contribution is 2.11. The van der Waals surface area contributed by atoms with Crippen LogP contribution in [0.4, 0.5) is 4.39 Å². The normalized spacial score (nSPS) is 13.9. The van der Waals surface area contributed by atoms with E-state index in [0.29, 0.717) is 0 Å². The van der Waals surface area contributed by atoms with Gasteiger partial charge < -0.3 is 14.7 Å². The van der Waals surface area contributed by atoms with E-state index in [-0.39, 0.29) is 4.90 Å². The van der Waals surface area contributed by atoms with Crippen LogP contribution in [0.3, 0.4) is 0 Å². The number of halogens is 1. The van der Waals surface area contributed by atoms with Crippen LogP contribution in [-0.2, 0) is 24.3 Å². The Kier molecular flexibility index (Phi) is 6.81. The van der Waals surface area contributed by atoms with Gasteiger partial charge in [0.1, 0.15) is 11.9 Å². The van der Waals surface area contributed by atoms with Gasteiger partial charge in [0.25, 0.3) is 5.91 Å². The van der Waals surface area contributed by atoms with E-state index in [0.717, 1.165) is 24.3 Å². The zero-order valence-corrected chi connectivity index (χ0v) is 14.2. The Morgan fingerprint density at radius 3 is 2.29 bits per heavy atom. The molecular formula is C14H19FN2O6S. The summed E-state index contributed by atoms with van der Waals surface area (Å²) in [6.07, 6.45) is -1.41. The first-order chi connectivity index (χ1) is 11.0. The van der Waals surface area contributed by atoms with E-state index in [1.807, 2.05) is 4.72 Å². The number of ether oxygens (including phenoxy) is 1. The molecule has 0 aliphatic heterocycles. The lowest BCUT2D eigenvalue weighted by Crippen LogP contribution is -2.49. The summed E-state index contributed by atoms with van der Waals surface area (Å²) in [4.78, 5) is 24.2. The molecule has 1 aromatic carbocycles. The fraction of sp³-hybridized carbons (Fsp3) is 0.429. The summed E-state index contributed by atoms with van der Waals surface area (Å²) in [5.41, 5.74) is 0. The van der Waals surface area contributed by atoms with Gasteiger partial charge in [0, 0.05) is 14.1 Å². The molecule has 1 aromatic rings. The van der Waals surface area contributed by atoms with Gasteiger partial charge in [-0.2, -0.15) is 4.72 Å². The molecule has 1 amide bonds. The van der Waals surface area contributed by atoms with Crippen LogP contribution in [-0.4, -0.2) is 63.1 Å². The molecule has 2 atom stereocenters. The summed E-state index contributed by atoms with van der Waals surface area (Å²) >= 11 is 0. The van der Waals surface area contributed by atoms with E-state index in [2.05, 4.69) is 0 Å². The van der Waals surface area contributed by atoms with Crippen molar-refractivity contribution in [3.63, 3.8) is 0 Å². The minimum absolute atomic E-state index is 0.285. The third-order valence-corrected chi connectivity index (χ3v) is 4.44. The van der Waals surface area contributed by atoms with Crippen molar-refractivity contribution in [3.8, 4) is 0 Å². The van der Waals surface area contributed by atoms with Crippen molar-refractivity contribution >= 4 is 21.9 Å². The highest BCUT2D eigenvalue weighted by Gasteiger charge is 2.31. The Labute approximate surface area is 139 Å². The minimum Gasteiger partial charge on any atom is -0.454 e. The van der Waals surface area contributed by atoms with Gasteiger partial charge in [-0.25, -0.2) is 12.8 Å². The summed E-state index contributed by atoms with van der Waals surface area (Å²) < 4.78 is 43.9. The Morgan fingerprint density at radius 2 is 1.83 bits per heavy atom. The number of carbonyl (C=O) groups excluding carboxylic acids is 2. The van der Waals surface area contributed by atoms with Crippen molar-refractivity contribution in [2.45, 2.75) is 24.0 Å². The smallest absolute Gasteiger partial charge is 0.327 e. The number of rotatable bonds is 7. The highest BCUT2D eigenvalue weighted by atomic mass is 32.2. The summed E-state index contributed by atoms with van der Waals surface area (Å²) in [6, 6.07) is 2.30. The number of carbonyl (C=O) groups is 2. The van der Waals surface area contributed by atoms with Gasteiger partial charge in [-0.15, -0.1) is 0 Å². The Balaban J connectivity index is 2.87. The standard InChI is InChI=1S/C14H19FN2O6S/c1-9(18)13(14(20)23-8-12(19)17(2)3)16-24(21,22)11-6-4-10(15)5-7-11/h4-7,9,13,16,18H,8H2,1-3H3/t9-,13-/m1/s1. The molecule has 0 saturated carbocycles. The molecule has 8 nitrogen and oxygen atoms in total. The largest absolute Gasteiger partial charge is 0.454 e. The van der Waals surface area contributed by atoms with E-state index in [1.54, 1.807) is 0 Å². The van der Waals surface area contributed by atoms with Gasteiger partial charge in [0.2, 0.25) is 10.0 Å². The molecule has 2 N–H and O–H groups in total. The van der Waals surface area contributed by atoms with Crippen molar-refractivity contribution in [3.05, 3.63) is 30.1 Å². The number of nitrogens with zero attached hydrogens (tertiary/aromatic N) is 1. The Hall–Kier alpha value is -2.04. The zero-order valence-electron chi connectivity index (χ0n) is 13.4. The lowest BCUT2D eigenvalue weighted by Gasteiger charge is -2.20. The molecule has 134 valence electrons. The lowest BCUT2D eigenvalue weighted by atomic mass is 10.2. The van der Waals surface area contributed by atoms with Crippen molar-refractivity contribution in [1.29, 1.82) is 0 Å². The van der Waals surface area contributed by atoms with E-state index >= 15 is 0 Å². The second kappa shape index (κ2) is 8.18. The maximum absolute atomic E-state index is 12.9. The molecule has 0 radical (unpaired) electrons. The second-order valence-corrected chi connectivity index (χ2v) is 6.90. The Bertz CT molecular complexity index is 688. The van der Waals surface area contributed by atoms with Crippen LogP contribution >= 0.6 is 0 Å². The summed E-state index contributed by atoms with van der Waals surface area (Å²) in [7, 11) is -1.28. The van der Waals surface area contributed by atoms with E-state index in [1.165, 1.54) is 25.9 Å². The van der Waals surface area contributed by atoms with Gasteiger partial charge in [-0.3, -0.25) is 9.59 Å². The van der Waals surface area contributed by atoms with Crippen LogP contribution in [0.2, 0.25) is 0 Å². The van der Waals surface area contributed by atoms with Gasteiger partial charge in [-0.05, 0) is 31.2 Å². The predicted octanol–water partition coefficient (Wildman–Crippen LogP) is -0.515. The number of benzene rings is 1. The predicted molar refractivity (Wildman–Crippen MR) is 81.8 cm³/mol. The second-order valence-electron chi connectivity index (χ2n) is 5.19. The van der Waals surface area contributed by atoms with Crippen LogP contribution in [0.5, 0.6) is 0 Å². The number of aliphatic hydroxyl groups excluding tert-OH is 1. The van der Waals surface area contributed by atoms with Crippen molar-refractivity contribution in [2.24, 2.45) is 0 Å². The maximum atomic E-state index is 12.9.